The number of hydrogen-bond donors (Lipinski definition) is 3. The lowest BCUT2D eigenvalue weighted by molar-refractivity contribution is -0.253. The first-order valence-electron chi connectivity index (χ1n) is 16.2. The van der Waals surface area contributed by atoms with E-state index in [0.29, 0.717) is 23.5 Å². The average Bonchev–Trinajstić information content (AvgIpc) is 3.13. The van der Waals surface area contributed by atoms with Gasteiger partial charge in [0.05, 0.1) is 18.8 Å². The zero-order valence-corrected chi connectivity index (χ0v) is 27.2. The average molecular weight is 644 g/mol. The van der Waals surface area contributed by atoms with Crippen LogP contribution in [0.1, 0.15) is 54.0 Å². The zero-order chi connectivity index (χ0) is 33.3. The van der Waals surface area contributed by atoms with Crippen molar-refractivity contribution in [2.75, 3.05) is 24.2 Å². The van der Waals surface area contributed by atoms with Crippen molar-refractivity contribution in [1.29, 1.82) is 0 Å². The van der Waals surface area contributed by atoms with E-state index in [4.69, 9.17) is 14.2 Å². The summed E-state index contributed by atoms with van der Waals surface area (Å²) in [5.74, 6) is 1.43. The van der Waals surface area contributed by atoms with Crippen molar-refractivity contribution in [2.45, 2.75) is 44.5 Å². The Morgan fingerprint density at radius 3 is 1.96 bits per heavy atom. The molecule has 8 nitrogen and oxygen atoms in total. The second kappa shape index (κ2) is 15.7. The van der Waals surface area contributed by atoms with Crippen LogP contribution in [0.25, 0.3) is 0 Å². The third-order valence-corrected chi connectivity index (χ3v) is 8.58. The van der Waals surface area contributed by atoms with E-state index in [1.807, 2.05) is 97.1 Å². The molecule has 4 unspecified atom stereocenters. The number of ether oxygens (including phenoxy) is 3. The third-order valence-electron chi connectivity index (χ3n) is 8.58. The van der Waals surface area contributed by atoms with Crippen molar-refractivity contribution in [3.63, 3.8) is 0 Å². The van der Waals surface area contributed by atoms with Crippen LogP contribution in [-0.4, -0.2) is 35.7 Å². The van der Waals surface area contributed by atoms with Crippen LogP contribution in [0, 0.1) is 0 Å². The van der Waals surface area contributed by atoms with Crippen molar-refractivity contribution < 1.29 is 24.1 Å². The number of para-hydroxylation sites is 1. The zero-order valence-electron chi connectivity index (χ0n) is 27.2. The molecule has 8 heteroatoms. The molecule has 0 aliphatic carbocycles. The van der Waals surface area contributed by atoms with E-state index < -0.39 is 6.29 Å². The minimum atomic E-state index is -0.591. The van der Waals surface area contributed by atoms with Crippen molar-refractivity contribution in [3.05, 3.63) is 156 Å². The van der Waals surface area contributed by atoms with Gasteiger partial charge in [0, 0.05) is 35.9 Å². The van der Waals surface area contributed by atoms with Gasteiger partial charge in [0.1, 0.15) is 11.5 Å². The van der Waals surface area contributed by atoms with Crippen LogP contribution in [0.15, 0.2) is 133 Å². The number of nitrogens with one attached hydrogen (secondary N) is 2. The molecule has 1 fully saturated rings. The minimum absolute atomic E-state index is 0.00324. The van der Waals surface area contributed by atoms with Crippen LogP contribution < -0.4 is 15.4 Å². The normalized spacial score (nSPS) is 18.2. The van der Waals surface area contributed by atoms with E-state index in [2.05, 4.69) is 53.8 Å². The quantitative estimate of drug-likeness (QED) is 0.133. The molecule has 5 aromatic rings. The Hall–Kier alpha value is -4.99. The van der Waals surface area contributed by atoms with Crippen molar-refractivity contribution >= 4 is 17.4 Å². The summed E-state index contributed by atoms with van der Waals surface area (Å²) in [4.78, 5) is 15.1. The maximum Gasteiger partial charge on any atom is 0.323 e. The van der Waals surface area contributed by atoms with E-state index in [0.717, 1.165) is 29.0 Å². The Labute approximate surface area is 281 Å². The summed E-state index contributed by atoms with van der Waals surface area (Å²) in [6.45, 7) is 2.92. The fourth-order valence-electron chi connectivity index (χ4n) is 5.75. The Bertz CT molecular complexity index is 1730. The number of carbonyl (C=O) groups excluding carboxylic acids is 1. The summed E-state index contributed by atoms with van der Waals surface area (Å²) in [5, 5.41) is 15.3. The van der Waals surface area contributed by atoms with Gasteiger partial charge in [0.25, 0.3) is 0 Å². The van der Waals surface area contributed by atoms with Crippen molar-refractivity contribution in [2.24, 2.45) is 0 Å². The van der Waals surface area contributed by atoms with Gasteiger partial charge in [-0.3, -0.25) is 4.90 Å². The highest BCUT2D eigenvalue weighted by Gasteiger charge is 2.33. The highest BCUT2D eigenvalue weighted by molar-refractivity contribution is 5.99. The molecule has 2 amide bonds. The lowest BCUT2D eigenvalue weighted by atomic mass is 9.99. The molecule has 0 aromatic heterocycles. The first-order chi connectivity index (χ1) is 23.4. The van der Waals surface area contributed by atoms with E-state index in [1.54, 1.807) is 12.1 Å². The lowest BCUT2D eigenvalue weighted by Gasteiger charge is -2.39. The van der Waals surface area contributed by atoms with Gasteiger partial charge in [-0.15, -0.1) is 0 Å². The Kier molecular flexibility index (Phi) is 10.8. The summed E-state index contributed by atoms with van der Waals surface area (Å²) in [7, 11) is 2.12. The van der Waals surface area contributed by atoms with E-state index >= 15 is 0 Å². The predicted octanol–water partition coefficient (Wildman–Crippen LogP) is 8.85. The number of amides is 2. The summed E-state index contributed by atoms with van der Waals surface area (Å²) in [6.07, 6.45) is -0.170. The molecule has 1 aliphatic heterocycles. The number of aliphatic hydroxyl groups is 1. The number of anilines is 2. The van der Waals surface area contributed by atoms with Gasteiger partial charge in [-0.2, -0.15) is 0 Å². The molecule has 0 saturated carbocycles. The van der Waals surface area contributed by atoms with E-state index in [9.17, 15) is 9.90 Å². The number of hydrogen-bond acceptors (Lipinski definition) is 6. The largest absolute Gasteiger partial charge is 0.457 e. The molecule has 5 aromatic carbocycles. The predicted molar refractivity (Wildman–Crippen MR) is 188 cm³/mol. The topological polar surface area (TPSA) is 92.3 Å². The third kappa shape index (κ3) is 8.67. The molecule has 1 saturated heterocycles. The van der Waals surface area contributed by atoms with Gasteiger partial charge in [-0.25, -0.2) is 4.79 Å². The fraction of sp³-hybridized carbons (Fsp3) is 0.225. The fourth-order valence-corrected chi connectivity index (χ4v) is 5.75. The highest BCUT2D eigenvalue weighted by atomic mass is 16.7. The maximum atomic E-state index is 12.8. The summed E-state index contributed by atoms with van der Waals surface area (Å²) in [5.41, 5.74) is 5.29. The van der Waals surface area contributed by atoms with Crippen LogP contribution in [0.4, 0.5) is 16.2 Å². The van der Waals surface area contributed by atoms with Crippen LogP contribution in [0.3, 0.4) is 0 Å². The van der Waals surface area contributed by atoms with E-state index in [-0.39, 0.29) is 30.9 Å². The molecule has 0 radical (unpaired) electrons. The Morgan fingerprint density at radius 2 is 1.33 bits per heavy atom. The summed E-state index contributed by atoms with van der Waals surface area (Å²) in [6, 6.07) is 42.5. The van der Waals surface area contributed by atoms with Gasteiger partial charge in [-0.05, 0) is 79.2 Å². The summed E-state index contributed by atoms with van der Waals surface area (Å²) >= 11 is 0. The molecular formula is C40H41N3O5. The highest BCUT2D eigenvalue weighted by Crippen LogP contribution is 2.39. The standard InChI is InChI=1S/C40H41N3O5/c1-28(30-9-5-3-6-10-30)43(2)26-37-25-38(31-15-13-29(27-44)14-16-31)48-39(47-37)32-17-19-33(20-18-32)41-40(45)42-34-21-23-36(24-22-34)46-35-11-7-4-8-12-35/h3-24,28,37-39,44H,25-27H2,1-2H3,(H2,41,42,45). The Balaban J connectivity index is 1.10. The smallest absolute Gasteiger partial charge is 0.323 e. The first-order valence-corrected chi connectivity index (χ1v) is 16.2. The molecule has 0 spiro atoms. The molecule has 48 heavy (non-hydrogen) atoms. The van der Waals surface area contributed by atoms with Crippen LogP contribution in [-0.2, 0) is 16.1 Å². The monoisotopic (exact) mass is 643 g/mol. The van der Waals surface area contributed by atoms with Crippen LogP contribution in [0.5, 0.6) is 11.5 Å². The van der Waals surface area contributed by atoms with Gasteiger partial charge in [0.2, 0.25) is 0 Å². The van der Waals surface area contributed by atoms with Gasteiger partial charge in [-0.1, -0.05) is 84.9 Å². The number of benzene rings is 5. The maximum absolute atomic E-state index is 12.8. The SMILES string of the molecule is CC(c1ccccc1)N(C)CC1CC(c2ccc(CO)cc2)OC(c2ccc(NC(=O)Nc3ccc(Oc4ccccc4)cc3)cc2)O1. The molecule has 1 aliphatic rings. The van der Waals surface area contributed by atoms with Gasteiger partial charge < -0.3 is 30.0 Å². The lowest BCUT2D eigenvalue weighted by Crippen LogP contribution is -2.38. The number of aliphatic hydroxyl groups excluding tert-OH is 1. The molecule has 4 atom stereocenters. The second-order valence-electron chi connectivity index (χ2n) is 12.0. The van der Waals surface area contributed by atoms with E-state index in [1.165, 1.54) is 5.56 Å². The first kappa shape index (κ1) is 32.9. The molecule has 3 N–H and O–H groups in total. The molecule has 6 rings (SSSR count). The number of nitrogens with zero attached hydrogens (tertiary/aromatic N) is 1. The minimum Gasteiger partial charge on any atom is -0.457 e. The second-order valence-corrected chi connectivity index (χ2v) is 12.0. The Morgan fingerprint density at radius 1 is 0.771 bits per heavy atom. The molecule has 246 valence electrons. The van der Waals surface area contributed by atoms with Gasteiger partial charge in [0.15, 0.2) is 6.29 Å². The van der Waals surface area contributed by atoms with Crippen LogP contribution in [0.2, 0.25) is 0 Å². The number of likely N-dealkylation sites (N-methyl/N-ethyl adjacent to an activating group) is 1. The number of urea groups is 1. The molecular weight excluding hydrogens is 602 g/mol. The van der Waals surface area contributed by atoms with Crippen molar-refractivity contribution in [1.82, 2.24) is 4.90 Å². The van der Waals surface area contributed by atoms with Crippen LogP contribution >= 0.6 is 0 Å². The van der Waals surface area contributed by atoms with Gasteiger partial charge >= 0.3 is 6.03 Å². The number of carbonyl (C=O) groups is 1. The molecule has 1 heterocycles. The molecule has 0 bridgehead atoms. The number of rotatable bonds is 11. The van der Waals surface area contributed by atoms with Crippen molar-refractivity contribution in [3.8, 4) is 11.5 Å². The summed E-state index contributed by atoms with van der Waals surface area (Å²) < 4.78 is 18.9.